The summed E-state index contributed by atoms with van der Waals surface area (Å²) in [5.74, 6) is -0.122. The van der Waals surface area contributed by atoms with Crippen LogP contribution in [0.15, 0.2) is 24.3 Å². The monoisotopic (exact) mass is 266 g/mol. The molecule has 90 valence electrons. The van der Waals surface area contributed by atoms with Gasteiger partial charge in [0.1, 0.15) is 5.82 Å². The minimum Gasteiger partial charge on any atom is -0.271 e. The van der Waals surface area contributed by atoms with Crippen LogP contribution in [0.25, 0.3) is 0 Å². The average molecular weight is 267 g/mol. The first-order valence-corrected chi connectivity index (χ1v) is 6.64. The molecular formula is C9H12ClFN2O2S. The number of rotatable bonds is 6. The predicted molar refractivity (Wildman–Crippen MR) is 62.3 cm³/mol. The lowest BCUT2D eigenvalue weighted by molar-refractivity contribution is 0.586. The van der Waals surface area contributed by atoms with Crippen LogP contribution in [-0.2, 0) is 10.2 Å². The predicted octanol–water partition coefficient (Wildman–Crippen LogP) is 1.70. The van der Waals surface area contributed by atoms with Gasteiger partial charge in [0.2, 0.25) is 0 Å². The summed E-state index contributed by atoms with van der Waals surface area (Å²) in [6.45, 7) is 0.244. The van der Waals surface area contributed by atoms with Crippen molar-refractivity contribution in [2.75, 3.05) is 17.1 Å². The van der Waals surface area contributed by atoms with Gasteiger partial charge >= 0.3 is 0 Å². The van der Waals surface area contributed by atoms with Gasteiger partial charge in [-0.25, -0.2) is 4.39 Å². The summed E-state index contributed by atoms with van der Waals surface area (Å²) >= 11 is 5.41. The SMILES string of the molecule is O=S(=O)(NCCCCl)Nc1cccc(F)c1. The third kappa shape index (κ3) is 4.78. The van der Waals surface area contributed by atoms with E-state index in [0.717, 1.165) is 6.07 Å². The van der Waals surface area contributed by atoms with E-state index in [1.807, 2.05) is 0 Å². The zero-order valence-corrected chi connectivity index (χ0v) is 9.98. The molecule has 0 aliphatic heterocycles. The van der Waals surface area contributed by atoms with Crippen LogP contribution in [0.2, 0.25) is 0 Å². The van der Waals surface area contributed by atoms with Gasteiger partial charge in [-0.1, -0.05) is 6.07 Å². The van der Waals surface area contributed by atoms with Crippen LogP contribution >= 0.6 is 11.6 Å². The molecule has 0 bridgehead atoms. The van der Waals surface area contributed by atoms with E-state index in [2.05, 4.69) is 9.44 Å². The fourth-order valence-electron chi connectivity index (χ4n) is 1.02. The molecular weight excluding hydrogens is 255 g/mol. The Morgan fingerprint density at radius 2 is 2.12 bits per heavy atom. The van der Waals surface area contributed by atoms with Crippen LogP contribution in [0.3, 0.4) is 0 Å². The fraction of sp³-hybridized carbons (Fsp3) is 0.333. The molecule has 0 heterocycles. The first-order valence-electron chi connectivity index (χ1n) is 4.62. The number of alkyl halides is 1. The van der Waals surface area contributed by atoms with Gasteiger partial charge in [-0.05, 0) is 24.6 Å². The van der Waals surface area contributed by atoms with Gasteiger partial charge < -0.3 is 0 Å². The fourth-order valence-corrected chi connectivity index (χ4v) is 2.07. The van der Waals surface area contributed by atoms with Gasteiger partial charge in [0.15, 0.2) is 0 Å². The van der Waals surface area contributed by atoms with Gasteiger partial charge in [0.25, 0.3) is 10.2 Å². The van der Waals surface area contributed by atoms with Crippen molar-refractivity contribution in [3.8, 4) is 0 Å². The second-order valence-corrected chi connectivity index (χ2v) is 4.93. The highest BCUT2D eigenvalue weighted by Crippen LogP contribution is 2.10. The molecule has 16 heavy (non-hydrogen) atoms. The Kier molecular flexibility index (Phi) is 4.98. The molecule has 0 fully saturated rings. The van der Waals surface area contributed by atoms with E-state index < -0.39 is 16.0 Å². The maximum atomic E-state index is 12.8. The Morgan fingerprint density at radius 3 is 2.75 bits per heavy atom. The highest BCUT2D eigenvalue weighted by atomic mass is 35.5. The zero-order chi connectivity index (χ0) is 12.0. The van der Waals surface area contributed by atoms with Crippen LogP contribution in [0, 0.1) is 5.82 Å². The van der Waals surface area contributed by atoms with Gasteiger partial charge in [0, 0.05) is 12.4 Å². The summed E-state index contributed by atoms with van der Waals surface area (Å²) in [5, 5.41) is 0. The van der Waals surface area contributed by atoms with E-state index in [-0.39, 0.29) is 12.2 Å². The lowest BCUT2D eigenvalue weighted by atomic mass is 10.3. The van der Waals surface area contributed by atoms with Crippen molar-refractivity contribution in [3.05, 3.63) is 30.1 Å². The molecule has 0 unspecified atom stereocenters. The normalized spacial score (nSPS) is 11.4. The molecule has 1 aromatic carbocycles. The summed E-state index contributed by atoms with van der Waals surface area (Å²) in [7, 11) is -3.65. The van der Waals surface area contributed by atoms with Crippen LogP contribution in [-0.4, -0.2) is 20.8 Å². The molecule has 0 atom stereocenters. The maximum Gasteiger partial charge on any atom is 0.299 e. The van der Waals surface area contributed by atoms with Crippen molar-refractivity contribution >= 4 is 27.5 Å². The van der Waals surface area contributed by atoms with Gasteiger partial charge in [-0.2, -0.15) is 13.1 Å². The molecule has 1 rings (SSSR count). The van der Waals surface area contributed by atoms with Crippen LogP contribution in [0.5, 0.6) is 0 Å². The topological polar surface area (TPSA) is 58.2 Å². The molecule has 1 aromatic rings. The van der Waals surface area contributed by atoms with Crippen molar-refractivity contribution in [1.29, 1.82) is 0 Å². The smallest absolute Gasteiger partial charge is 0.271 e. The minimum absolute atomic E-state index is 0.179. The summed E-state index contributed by atoms with van der Waals surface area (Å²) in [4.78, 5) is 0. The number of hydrogen-bond acceptors (Lipinski definition) is 2. The van der Waals surface area contributed by atoms with E-state index in [9.17, 15) is 12.8 Å². The highest BCUT2D eigenvalue weighted by Gasteiger charge is 2.08. The number of benzene rings is 1. The molecule has 0 aliphatic rings. The largest absolute Gasteiger partial charge is 0.299 e. The molecule has 0 aliphatic carbocycles. The number of halogens is 2. The Bertz CT molecular complexity index is 439. The third-order valence-electron chi connectivity index (χ3n) is 1.68. The van der Waals surface area contributed by atoms with Crippen molar-refractivity contribution in [2.24, 2.45) is 0 Å². The second-order valence-electron chi connectivity index (χ2n) is 3.05. The van der Waals surface area contributed by atoms with Crippen molar-refractivity contribution in [1.82, 2.24) is 4.72 Å². The number of anilines is 1. The number of nitrogens with one attached hydrogen (secondary N) is 2. The Hall–Kier alpha value is -0.850. The molecule has 0 saturated heterocycles. The molecule has 0 radical (unpaired) electrons. The van der Waals surface area contributed by atoms with Crippen LogP contribution in [0.4, 0.5) is 10.1 Å². The third-order valence-corrected chi connectivity index (χ3v) is 3.04. The molecule has 2 N–H and O–H groups in total. The quantitative estimate of drug-likeness (QED) is 0.608. The van der Waals surface area contributed by atoms with Crippen molar-refractivity contribution < 1.29 is 12.8 Å². The summed E-state index contributed by atoms with van der Waals surface area (Å²) in [5.41, 5.74) is 0.179. The first-order chi connectivity index (χ1) is 7.53. The lowest BCUT2D eigenvalue weighted by Crippen LogP contribution is -2.31. The standard InChI is InChI=1S/C9H12ClFN2O2S/c10-5-2-6-12-16(14,15)13-9-4-1-3-8(11)7-9/h1,3-4,7,12-13H,2,5-6H2. The molecule has 0 amide bonds. The van der Waals surface area contributed by atoms with E-state index in [1.165, 1.54) is 18.2 Å². The van der Waals surface area contributed by atoms with E-state index in [1.54, 1.807) is 0 Å². The second kappa shape index (κ2) is 6.03. The Labute approximate surface area is 99.0 Å². The first kappa shape index (κ1) is 13.2. The molecule has 0 aromatic heterocycles. The van der Waals surface area contributed by atoms with E-state index in [4.69, 9.17) is 11.6 Å². The van der Waals surface area contributed by atoms with Crippen LogP contribution in [0.1, 0.15) is 6.42 Å². The molecule has 7 heteroatoms. The maximum absolute atomic E-state index is 12.8. The summed E-state index contributed by atoms with van der Waals surface area (Å²) in [6.07, 6.45) is 0.533. The minimum atomic E-state index is -3.65. The van der Waals surface area contributed by atoms with Crippen molar-refractivity contribution in [2.45, 2.75) is 6.42 Å². The highest BCUT2D eigenvalue weighted by molar-refractivity contribution is 7.90. The lowest BCUT2D eigenvalue weighted by Gasteiger charge is -2.08. The zero-order valence-electron chi connectivity index (χ0n) is 8.41. The Morgan fingerprint density at radius 1 is 1.38 bits per heavy atom. The molecule has 0 spiro atoms. The number of hydrogen-bond donors (Lipinski definition) is 2. The average Bonchev–Trinajstić information content (AvgIpc) is 2.17. The molecule has 4 nitrogen and oxygen atoms in total. The van der Waals surface area contributed by atoms with Crippen LogP contribution < -0.4 is 9.44 Å². The summed E-state index contributed by atoms with van der Waals surface area (Å²) in [6, 6.07) is 5.22. The molecule has 0 saturated carbocycles. The summed E-state index contributed by atoms with van der Waals surface area (Å²) < 4.78 is 40.1. The van der Waals surface area contributed by atoms with E-state index >= 15 is 0 Å². The van der Waals surface area contributed by atoms with Crippen molar-refractivity contribution in [3.63, 3.8) is 0 Å². The van der Waals surface area contributed by atoms with Gasteiger partial charge in [-0.3, -0.25) is 4.72 Å². The van der Waals surface area contributed by atoms with Gasteiger partial charge in [-0.15, -0.1) is 11.6 Å². The Balaban J connectivity index is 2.59. The van der Waals surface area contributed by atoms with Gasteiger partial charge in [0.05, 0.1) is 5.69 Å². The van der Waals surface area contributed by atoms with E-state index in [0.29, 0.717) is 12.3 Å².